The first kappa shape index (κ1) is 17.4. The number of amides is 2. The Morgan fingerprint density at radius 1 is 1.11 bits per heavy atom. The first-order chi connectivity index (χ1) is 8.72. The van der Waals surface area contributed by atoms with Crippen LogP contribution in [0.15, 0.2) is 0 Å². The fourth-order valence-electron chi connectivity index (χ4n) is 1.56. The number of nitrogens with zero attached hydrogens (tertiary/aromatic N) is 2. The van der Waals surface area contributed by atoms with E-state index in [1.165, 1.54) is 16.7 Å². The summed E-state index contributed by atoms with van der Waals surface area (Å²) in [5.41, 5.74) is 0. The van der Waals surface area contributed by atoms with E-state index in [-0.39, 0.29) is 18.4 Å². The summed E-state index contributed by atoms with van der Waals surface area (Å²) in [6.07, 6.45) is 0.723. The van der Waals surface area contributed by atoms with Crippen LogP contribution in [0.25, 0.3) is 0 Å². The lowest BCUT2D eigenvalue weighted by molar-refractivity contribution is -0.150. The van der Waals surface area contributed by atoms with Crippen LogP contribution in [-0.2, 0) is 14.4 Å². The molecule has 0 bridgehead atoms. The Hall–Kier alpha value is -1.59. The van der Waals surface area contributed by atoms with E-state index in [0.29, 0.717) is 6.54 Å². The van der Waals surface area contributed by atoms with Crippen LogP contribution >= 0.6 is 0 Å². The molecule has 0 rings (SSSR count). The molecule has 0 aromatic heterocycles. The van der Waals surface area contributed by atoms with Crippen LogP contribution in [-0.4, -0.2) is 59.9 Å². The Kier molecular flexibility index (Phi) is 7.11. The number of carboxylic acids is 1. The third-order valence-corrected chi connectivity index (χ3v) is 3.16. The number of likely N-dealkylation sites (N-methyl/N-ethyl adjacent to an activating group) is 1. The molecule has 0 spiro atoms. The lowest BCUT2D eigenvalue weighted by Crippen LogP contribution is -2.44. The van der Waals surface area contributed by atoms with Gasteiger partial charge in [-0.1, -0.05) is 20.8 Å². The topological polar surface area (TPSA) is 77.9 Å². The number of hydrogen-bond donors (Lipinski definition) is 1. The Morgan fingerprint density at radius 3 is 2.00 bits per heavy atom. The number of carboxylic acid groups (broad SMARTS) is 1. The highest BCUT2D eigenvalue weighted by molar-refractivity contribution is 5.88. The Labute approximate surface area is 114 Å². The van der Waals surface area contributed by atoms with Gasteiger partial charge in [0, 0.05) is 26.6 Å². The van der Waals surface area contributed by atoms with E-state index in [2.05, 4.69) is 0 Å². The third-order valence-electron chi connectivity index (χ3n) is 3.16. The zero-order chi connectivity index (χ0) is 15.2. The van der Waals surface area contributed by atoms with Gasteiger partial charge in [0.05, 0.1) is 12.5 Å². The molecule has 0 saturated heterocycles. The number of hydrogen-bond acceptors (Lipinski definition) is 3. The lowest BCUT2D eigenvalue weighted by Gasteiger charge is -2.27. The molecule has 2 amide bonds. The van der Waals surface area contributed by atoms with Crippen LogP contribution in [0.3, 0.4) is 0 Å². The van der Waals surface area contributed by atoms with Gasteiger partial charge in [-0.3, -0.25) is 14.4 Å². The van der Waals surface area contributed by atoms with E-state index in [1.54, 1.807) is 21.0 Å². The first-order valence-electron chi connectivity index (χ1n) is 6.44. The van der Waals surface area contributed by atoms with E-state index in [0.717, 1.165) is 6.42 Å². The minimum absolute atomic E-state index is 0.00362. The smallest absolute Gasteiger partial charge is 0.307 e. The van der Waals surface area contributed by atoms with Crippen LogP contribution in [0.2, 0.25) is 0 Å². The maximum atomic E-state index is 12.2. The van der Waals surface area contributed by atoms with Gasteiger partial charge in [0.1, 0.15) is 0 Å². The van der Waals surface area contributed by atoms with Crippen molar-refractivity contribution in [3.63, 3.8) is 0 Å². The van der Waals surface area contributed by atoms with E-state index in [9.17, 15) is 14.4 Å². The van der Waals surface area contributed by atoms with Gasteiger partial charge in [-0.2, -0.15) is 0 Å². The molecular formula is C13H24N2O4. The van der Waals surface area contributed by atoms with E-state index in [4.69, 9.17) is 5.11 Å². The van der Waals surface area contributed by atoms with Crippen LogP contribution in [0.5, 0.6) is 0 Å². The summed E-state index contributed by atoms with van der Waals surface area (Å²) in [4.78, 5) is 37.7. The summed E-state index contributed by atoms with van der Waals surface area (Å²) < 4.78 is 0. The molecule has 0 aromatic rings. The predicted molar refractivity (Wildman–Crippen MR) is 71.5 cm³/mol. The molecule has 2 atom stereocenters. The van der Waals surface area contributed by atoms with E-state index < -0.39 is 17.8 Å². The molecule has 6 nitrogen and oxygen atoms in total. The van der Waals surface area contributed by atoms with Gasteiger partial charge < -0.3 is 14.9 Å². The van der Waals surface area contributed by atoms with Crippen molar-refractivity contribution in [2.24, 2.45) is 11.8 Å². The van der Waals surface area contributed by atoms with Crippen molar-refractivity contribution >= 4 is 17.8 Å². The molecule has 0 aliphatic carbocycles. The highest BCUT2D eigenvalue weighted by atomic mass is 16.4. The largest absolute Gasteiger partial charge is 0.481 e. The second-order valence-corrected chi connectivity index (χ2v) is 4.96. The molecule has 0 aromatic carbocycles. The van der Waals surface area contributed by atoms with Gasteiger partial charge in [0.2, 0.25) is 11.8 Å². The van der Waals surface area contributed by atoms with Crippen LogP contribution in [0.4, 0.5) is 0 Å². The van der Waals surface area contributed by atoms with Crippen molar-refractivity contribution in [1.82, 2.24) is 9.80 Å². The summed E-state index contributed by atoms with van der Waals surface area (Å²) in [6.45, 7) is 5.45. The Balaban J connectivity index is 4.83. The first-order valence-corrected chi connectivity index (χ1v) is 6.44. The highest BCUT2D eigenvalue weighted by Crippen LogP contribution is 2.15. The number of rotatable bonds is 7. The van der Waals surface area contributed by atoms with Crippen molar-refractivity contribution in [1.29, 1.82) is 0 Å². The van der Waals surface area contributed by atoms with Crippen LogP contribution in [0, 0.1) is 11.8 Å². The molecule has 0 saturated carbocycles. The molecule has 0 aliphatic heterocycles. The molecule has 0 fully saturated rings. The standard InChI is InChI=1S/C13H24N2O4/c1-6-7-15(8-11(16)14(4)5)12(17)9(2)10(3)13(18)19/h9-10H,6-8H2,1-5H3,(H,18,19). The quantitative estimate of drug-likeness (QED) is 0.739. The van der Waals surface area contributed by atoms with E-state index >= 15 is 0 Å². The maximum absolute atomic E-state index is 12.2. The molecule has 110 valence electrons. The Morgan fingerprint density at radius 2 is 1.63 bits per heavy atom. The Bertz CT molecular complexity index is 342. The molecule has 6 heteroatoms. The number of carbonyl (C=O) groups is 3. The molecule has 19 heavy (non-hydrogen) atoms. The normalized spacial score (nSPS) is 13.5. The molecule has 0 radical (unpaired) electrons. The summed E-state index contributed by atoms with van der Waals surface area (Å²) in [5, 5.41) is 8.94. The van der Waals surface area contributed by atoms with Crippen molar-refractivity contribution in [3.8, 4) is 0 Å². The zero-order valence-electron chi connectivity index (χ0n) is 12.3. The van der Waals surface area contributed by atoms with Crippen molar-refractivity contribution in [2.45, 2.75) is 27.2 Å². The second kappa shape index (κ2) is 7.76. The van der Waals surface area contributed by atoms with Crippen molar-refractivity contribution in [3.05, 3.63) is 0 Å². The van der Waals surface area contributed by atoms with Gasteiger partial charge in [-0.25, -0.2) is 0 Å². The van der Waals surface area contributed by atoms with E-state index in [1.807, 2.05) is 6.92 Å². The molecule has 0 aliphatic rings. The molecular weight excluding hydrogens is 248 g/mol. The van der Waals surface area contributed by atoms with Crippen molar-refractivity contribution < 1.29 is 19.5 Å². The van der Waals surface area contributed by atoms with Gasteiger partial charge >= 0.3 is 5.97 Å². The van der Waals surface area contributed by atoms with Gasteiger partial charge in [0.15, 0.2) is 0 Å². The summed E-state index contributed by atoms with van der Waals surface area (Å²) in [6, 6.07) is 0. The number of aliphatic carboxylic acids is 1. The monoisotopic (exact) mass is 272 g/mol. The fraction of sp³-hybridized carbons (Fsp3) is 0.769. The zero-order valence-corrected chi connectivity index (χ0v) is 12.3. The average Bonchev–Trinajstić information content (AvgIpc) is 2.35. The minimum Gasteiger partial charge on any atom is -0.481 e. The number of carbonyl (C=O) groups excluding carboxylic acids is 2. The lowest BCUT2D eigenvalue weighted by atomic mass is 9.94. The summed E-state index contributed by atoms with van der Waals surface area (Å²) in [7, 11) is 3.25. The second-order valence-electron chi connectivity index (χ2n) is 4.96. The van der Waals surface area contributed by atoms with Gasteiger partial charge in [-0.05, 0) is 6.42 Å². The molecule has 2 unspecified atom stereocenters. The van der Waals surface area contributed by atoms with Crippen LogP contribution in [0.1, 0.15) is 27.2 Å². The molecule has 1 N–H and O–H groups in total. The predicted octanol–water partition coefficient (Wildman–Crippen LogP) is 0.670. The average molecular weight is 272 g/mol. The minimum atomic E-state index is -1.00. The van der Waals surface area contributed by atoms with Crippen LogP contribution < -0.4 is 0 Å². The highest BCUT2D eigenvalue weighted by Gasteiger charge is 2.30. The third kappa shape index (κ3) is 5.28. The maximum Gasteiger partial charge on any atom is 0.307 e. The fourth-order valence-corrected chi connectivity index (χ4v) is 1.56. The molecule has 0 heterocycles. The summed E-state index contributed by atoms with van der Waals surface area (Å²) >= 11 is 0. The SMILES string of the molecule is CCCN(CC(=O)N(C)C)C(=O)C(C)C(C)C(=O)O. The van der Waals surface area contributed by atoms with Gasteiger partial charge in [0.25, 0.3) is 0 Å². The van der Waals surface area contributed by atoms with Gasteiger partial charge in [-0.15, -0.1) is 0 Å². The summed E-state index contributed by atoms with van der Waals surface area (Å²) in [5.74, 6) is -2.86. The van der Waals surface area contributed by atoms with Crippen molar-refractivity contribution in [2.75, 3.05) is 27.2 Å².